The van der Waals surface area contributed by atoms with Gasteiger partial charge in [0, 0.05) is 5.92 Å². The Bertz CT molecular complexity index is 58.6. The summed E-state index contributed by atoms with van der Waals surface area (Å²) in [4.78, 5) is 9.90. The zero-order valence-electron chi connectivity index (χ0n) is 4.55. The Labute approximate surface area is 44.0 Å². The van der Waals surface area contributed by atoms with Gasteiger partial charge >= 0.3 is 0 Å². The predicted octanol–water partition coefficient (Wildman–Crippen LogP) is 1.40. The maximum atomic E-state index is 9.90. The third kappa shape index (κ3) is 2.15. The van der Waals surface area contributed by atoms with Crippen LogP contribution in [0.15, 0.2) is 12.7 Å². The Balaban J connectivity index is 3.36. The van der Waals surface area contributed by atoms with Crippen molar-refractivity contribution < 1.29 is 4.79 Å². The highest BCUT2D eigenvalue weighted by Gasteiger charge is 1.92. The molecular weight excluding hydrogens is 88.1 g/mol. The van der Waals surface area contributed by atoms with Gasteiger partial charge in [-0.15, -0.1) is 6.58 Å². The van der Waals surface area contributed by atoms with E-state index in [0.717, 1.165) is 12.7 Å². The van der Waals surface area contributed by atoms with Crippen LogP contribution in [0, 0.1) is 5.92 Å². The molecule has 1 nitrogen and oxygen atoms in total. The molecule has 7 heavy (non-hydrogen) atoms. The van der Waals surface area contributed by atoms with Gasteiger partial charge in [-0.1, -0.05) is 13.0 Å². The van der Waals surface area contributed by atoms with Crippen molar-refractivity contribution in [2.24, 2.45) is 5.92 Å². The summed E-state index contributed by atoms with van der Waals surface area (Å²) in [5.41, 5.74) is 0. The Morgan fingerprint density at radius 1 is 1.86 bits per heavy atom. The number of rotatable bonds is 3. The molecule has 0 amide bonds. The summed E-state index contributed by atoms with van der Waals surface area (Å²) in [6, 6.07) is 0. The number of hydrogen-bond donors (Lipinski definition) is 0. The van der Waals surface area contributed by atoms with E-state index >= 15 is 0 Å². The fourth-order valence-electron chi connectivity index (χ4n) is 0.318. The molecule has 0 bridgehead atoms. The van der Waals surface area contributed by atoms with Crippen LogP contribution in [-0.4, -0.2) is 6.29 Å². The molecule has 0 rings (SSSR count). The molecule has 1 heteroatoms. The molecule has 0 aromatic rings. The Kier molecular flexibility index (Phi) is 3.29. The lowest BCUT2D eigenvalue weighted by atomic mass is 10.1. The third-order valence-electron chi connectivity index (χ3n) is 0.949. The van der Waals surface area contributed by atoms with Crippen molar-refractivity contribution in [2.45, 2.75) is 13.3 Å². The van der Waals surface area contributed by atoms with Crippen LogP contribution in [0.5, 0.6) is 0 Å². The zero-order valence-corrected chi connectivity index (χ0v) is 4.55. The molecule has 40 valence electrons. The fraction of sp³-hybridized carbons (Fsp3) is 0.500. The molecular formula is C6H10O. The molecule has 0 aliphatic heterocycles. The lowest BCUT2D eigenvalue weighted by Crippen LogP contribution is -1.92. The topological polar surface area (TPSA) is 17.1 Å². The van der Waals surface area contributed by atoms with Gasteiger partial charge < -0.3 is 4.79 Å². The summed E-state index contributed by atoms with van der Waals surface area (Å²) in [5, 5.41) is 0. The van der Waals surface area contributed by atoms with Crippen molar-refractivity contribution in [1.29, 1.82) is 0 Å². The molecule has 0 N–H and O–H groups in total. The van der Waals surface area contributed by atoms with Crippen LogP contribution in [0.1, 0.15) is 13.3 Å². The van der Waals surface area contributed by atoms with E-state index in [1.54, 1.807) is 6.08 Å². The first kappa shape index (κ1) is 6.41. The number of carbonyl (C=O) groups is 1. The van der Waals surface area contributed by atoms with E-state index in [9.17, 15) is 4.79 Å². The van der Waals surface area contributed by atoms with Crippen LogP contribution in [0.3, 0.4) is 0 Å². The highest BCUT2D eigenvalue weighted by atomic mass is 16.1. The minimum atomic E-state index is 0.0694. The average molecular weight is 98.1 g/mol. The Morgan fingerprint density at radius 2 is 2.43 bits per heavy atom. The second-order valence-electron chi connectivity index (χ2n) is 1.44. The normalized spacial score (nSPS) is 12.7. The van der Waals surface area contributed by atoms with E-state index in [2.05, 4.69) is 6.58 Å². The maximum Gasteiger partial charge on any atom is 0.126 e. The molecule has 0 heterocycles. The van der Waals surface area contributed by atoms with Gasteiger partial charge in [0.15, 0.2) is 0 Å². The van der Waals surface area contributed by atoms with Gasteiger partial charge in [-0.3, -0.25) is 0 Å². The number of aldehydes is 1. The fourth-order valence-corrected chi connectivity index (χ4v) is 0.318. The van der Waals surface area contributed by atoms with Crippen molar-refractivity contribution >= 4 is 6.29 Å². The van der Waals surface area contributed by atoms with E-state index in [1.807, 2.05) is 6.92 Å². The van der Waals surface area contributed by atoms with Crippen molar-refractivity contribution in [3.05, 3.63) is 12.7 Å². The van der Waals surface area contributed by atoms with Gasteiger partial charge in [-0.2, -0.15) is 0 Å². The second kappa shape index (κ2) is 3.59. The molecule has 0 spiro atoms. The first-order valence-corrected chi connectivity index (χ1v) is 2.43. The monoisotopic (exact) mass is 98.1 g/mol. The summed E-state index contributed by atoms with van der Waals surface area (Å²) in [7, 11) is 0. The summed E-state index contributed by atoms with van der Waals surface area (Å²) in [6.45, 7) is 5.43. The quantitative estimate of drug-likeness (QED) is 0.385. The van der Waals surface area contributed by atoms with E-state index in [1.165, 1.54) is 0 Å². The molecule has 0 saturated carbocycles. The van der Waals surface area contributed by atoms with Crippen LogP contribution < -0.4 is 0 Å². The second-order valence-corrected chi connectivity index (χ2v) is 1.44. The molecule has 0 aromatic heterocycles. The third-order valence-corrected chi connectivity index (χ3v) is 0.949. The molecule has 1 unspecified atom stereocenters. The SMILES string of the molecule is C=CC(C=O)CC. The van der Waals surface area contributed by atoms with Gasteiger partial charge in [0.1, 0.15) is 6.29 Å². The van der Waals surface area contributed by atoms with E-state index in [0.29, 0.717) is 0 Å². The van der Waals surface area contributed by atoms with Gasteiger partial charge in [-0.25, -0.2) is 0 Å². The lowest BCUT2D eigenvalue weighted by Gasteiger charge is -1.92. The van der Waals surface area contributed by atoms with Crippen LogP contribution in [0.25, 0.3) is 0 Å². The molecule has 0 aromatic carbocycles. The van der Waals surface area contributed by atoms with E-state index in [-0.39, 0.29) is 5.92 Å². The largest absolute Gasteiger partial charge is 0.303 e. The molecule has 0 radical (unpaired) electrons. The van der Waals surface area contributed by atoms with Gasteiger partial charge in [0.25, 0.3) is 0 Å². The summed E-state index contributed by atoms with van der Waals surface area (Å²) < 4.78 is 0. The number of hydrogen-bond acceptors (Lipinski definition) is 1. The Morgan fingerprint density at radius 3 is 2.43 bits per heavy atom. The smallest absolute Gasteiger partial charge is 0.126 e. The minimum absolute atomic E-state index is 0.0694. The van der Waals surface area contributed by atoms with Crippen LogP contribution in [0.4, 0.5) is 0 Å². The first-order chi connectivity index (χ1) is 3.35. The maximum absolute atomic E-state index is 9.90. The molecule has 0 saturated heterocycles. The molecule has 0 aliphatic carbocycles. The Hall–Kier alpha value is -0.590. The molecule has 0 aliphatic rings. The lowest BCUT2D eigenvalue weighted by molar-refractivity contribution is -0.109. The van der Waals surface area contributed by atoms with Crippen molar-refractivity contribution in [1.82, 2.24) is 0 Å². The number of carbonyl (C=O) groups excluding carboxylic acids is 1. The van der Waals surface area contributed by atoms with E-state index in [4.69, 9.17) is 0 Å². The molecule has 1 atom stereocenters. The van der Waals surface area contributed by atoms with Crippen LogP contribution >= 0.6 is 0 Å². The standard InChI is InChI=1S/C6H10O/c1-3-6(4-2)5-7/h3,5-6H,1,4H2,2H3. The summed E-state index contributed by atoms with van der Waals surface area (Å²) in [6.07, 6.45) is 3.44. The minimum Gasteiger partial charge on any atom is -0.303 e. The highest BCUT2D eigenvalue weighted by molar-refractivity contribution is 5.55. The van der Waals surface area contributed by atoms with Gasteiger partial charge in [0.05, 0.1) is 0 Å². The van der Waals surface area contributed by atoms with E-state index < -0.39 is 0 Å². The van der Waals surface area contributed by atoms with Crippen molar-refractivity contribution in [2.75, 3.05) is 0 Å². The highest BCUT2D eigenvalue weighted by Crippen LogP contribution is 1.96. The van der Waals surface area contributed by atoms with Gasteiger partial charge in [-0.05, 0) is 6.42 Å². The van der Waals surface area contributed by atoms with Crippen molar-refractivity contribution in [3.63, 3.8) is 0 Å². The average Bonchev–Trinajstić information content (AvgIpc) is 1.72. The summed E-state index contributed by atoms with van der Waals surface area (Å²) >= 11 is 0. The van der Waals surface area contributed by atoms with Crippen molar-refractivity contribution in [3.8, 4) is 0 Å². The summed E-state index contributed by atoms with van der Waals surface area (Å²) in [5.74, 6) is 0.0694. The first-order valence-electron chi connectivity index (χ1n) is 2.43. The number of allylic oxidation sites excluding steroid dienone is 1. The predicted molar refractivity (Wildman–Crippen MR) is 30.0 cm³/mol. The van der Waals surface area contributed by atoms with Crippen LogP contribution in [-0.2, 0) is 4.79 Å². The van der Waals surface area contributed by atoms with Crippen LogP contribution in [0.2, 0.25) is 0 Å². The van der Waals surface area contributed by atoms with Gasteiger partial charge in [0.2, 0.25) is 0 Å². The molecule has 0 fully saturated rings. The zero-order chi connectivity index (χ0) is 5.70.